The Bertz CT molecular complexity index is 186. The van der Waals surface area contributed by atoms with E-state index in [1.54, 1.807) is 6.92 Å². The zero-order valence-corrected chi connectivity index (χ0v) is 10.2. The highest BCUT2D eigenvalue weighted by Gasteiger charge is 2.46. The molecule has 0 aromatic heterocycles. The molecule has 0 aliphatic heterocycles. The minimum absolute atomic E-state index is 0.0573. The SMILES string of the molecule is CCC(C(C)=O)(C(C)C)C(C)(C)C. The fourth-order valence-corrected chi connectivity index (χ4v) is 2.99. The molecule has 0 aromatic rings. The molecule has 0 amide bonds. The second-order valence-corrected chi connectivity index (χ2v) is 5.29. The quantitative estimate of drug-likeness (QED) is 0.654. The number of Topliss-reactive ketones (excluding diaryl/α,β-unsaturated/α-hetero) is 1. The summed E-state index contributed by atoms with van der Waals surface area (Å²) in [6, 6.07) is 0. The molecule has 0 saturated carbocycles. The van der Waals surface area contributed by atoms with Gasteiger partial charge in [-0.25, -0.2) is 0 Å². The van der Waals surface area contributed by atoms with Crippen LogP contribution in [0.2, 0.25) is 0 Å². The predicted octanol–water partition coefficient (Wildman–Crippen LogP) is 3.67. The number of hydrogen-bond donors (Lipinski definition) is 0. The summed E-state index contributed by atoms with van der Waals surface area (Å²) in [5.41, 5.74) is -0.102. The number of hydrogen-bond acceptors (Lipinski definition) is 1. The van der Waals surface area contributed by atoms with E-state index in [-0.39, 0.29) is 10.8 Å². The van der Waals surface area contributed by atoms with Gasteiger partial charge in [-0.15, -0.1) is 0 Å². The summed E-state index contributed by atoms with van der Waals surface area (Å²) in [5, 5.41) is 0. The van der Waals surface area contributed by atoms with Crippen LogP contribution in [0.4, 0.5) is 0 Å². The maximum absolute atomic E-state index is 11.8. The van der Waals surface area contributed by atoms with Crippen LogP contribution >= 0.6 is 0 Å². The van der Waals surface area contributed by atoms with Crippen molar-refractivity contribution in [1.82, 2.24) is 0 Å². The lowest BCUT2D eigenvalue weighted by molar-refractivity contribution is -0.137. The molecule has 0 bridgehead atoms. The van der Waals surface area contributed by atoms with Crippen molar-refractivity contribution in [2.24, 2.45) is 16.7 Å². The second kappa shape index (κ2) is 3.81. The standard InChI is InChI=1S/C12H24O/c1-8-12(9(2)3,10(4)13)11(5,6)7/h9H,8H2,1-7H3. The van der Waals surface area contributed by atoms with Crippen molar-refractivity contribution in [1.29, 1.82) is 0 Å². The molecule has 1 heteroatoms. The third kappa shape index (κ3) is 1.95. The lowest BCUT2D eigenvalue weighted by Gasteiger charge is -2.45. The molecule has 1 unspecified atom stereocenters. The number of carbonyl (C=O) groups excluding carboxylic acids is 1. The summed E-state index contributed by atoms with van der Waals surface area (Å²) >= 11 is 0. The summed E-state index contributed by atoms with van der Waals surface area (Å²) in [6.07, 6.45) is 0.934. The van der Waals surface area contributed by atoms with Crippen LogP contribution in [0.1, 0.15) is 54.9 Å². The van der Waals surface area contributed by atoms with E-state index < -0.39 is 0 Å². The molecular weight excluding hydrogens is 160 g/mol. The van der Waals surface area contributed by atoms with E-state index in [0.29, 0.717) is 11.7 Å². The van der Waals surface area contributed by atoms with Crippen LogP contribution in [0, 0.1) is 16.7 Å². The molecular formula is C12H24O. The van der Waals surface area contributed by atoms with Gasteiger partial charge in [-0.2, -0.15) is 0 Å². The van der Waals surface area contributed by atoms with Crippen molar-refractivity contribution in [2.75, 3.05) is 0 Å². The Labute approximate surface area is 82.9 Å². The molecule has 0 aliphatic rings. The first kappa shape index (κ1) is 12.7. The molecule has 0 radical (unpaired) electrons. The van der Waals surface area contributed by atoms with Gasteiger partial charge in [0.15, 0.2) is 0 Å². The van der Waals surface area contributed by atoms with Gasteiger partial charge in [-0.3, -0.25) is 4.79 Å². The summed E-state index contributed by atoms with van der Waals surface area (Å²) < 4.78 is 0. The molecule has 0 aliphatic carbocycles. The van der Waals surface area contributed by atoms with Crippen LogP contribution in [0.5, 0.6) is 0 Å². The van der Waals surface area contributed by atoms with Crippen LogP contribution in [-0.4, -0.2) is 5.78 Å². The average Bonchev–Trinajstić information content (AvgIpc) is 1.83. The lowest BCUT2D eigenvalue weighted by Crippen LogP contribution is -2.45. The highest BCUT2D eigenvalue weighted by atomic mass is 16.1. The third-order valence-electron chi connectivity index (χ3n) is 3.51. The van der Waals surface area contributed by atoms with Gasteiger partial charge in [0.2, 0.25) is 0 Å². The monoisotopic (exact) mass is 184 g/mol. The summed E-state index contributed by atoms with van der Waals surface area (Å²) in [5.74, 6) is 0.743. The minimum atomic E-state index is -0.160. The van der Waals surface area contributed by atoms with Crippen molar-refractivity contribution < 1.29 is 4.79 Å². The van der Waals surface area contributed by atoms with Crippen LogP contribution in [0.15, 0.2) is 0 Å². The lowest BCUT2D eigenvalue weighted by atomic mass is 9.57. The fraction of sp³-hybridized carbons (Fsp3) is 0.917. The van der Waals surface area contributed by atoms with E-state index in [2.05, 4.69) is 41.5 Å². The maximum atomic E-state index is 11.8. The van der Waals surface area contributed by atoms with Crippen molar-refractivity contribution in [3.63, 3.8) is 0 Å². The average molecular weight is 184 g/mol. The van der Waals surface area contributed by atoms with Crippen molar-refractivity contribution in [3.8, 4) is 0 Å². The zero-order chi connectivity index (χ0) is 10.9. The molecule has 0 rings (SSSR count). The normalized spacial score (nSPS) is 17.2. The van der Waals surface area contributed by atoms with E-state index in [1.165, 1.54) is 0 Å². The third-order valence-corrected chi connectivity index (χ3v) is 3.51. The molecule has 1 atom stereocenters. The Morgan fingerprint density at radius 1 is 1.23 bits per heavy atom. The van der Waals surface area contributed by atoms with Crippen LogP contribution < -0.4 is 0 Å². The molecule has 0 aromatic carbocycles. The van der Waals surface area contributed by atoms with Gasteiger partial charge in [0.05, 0.1) is 0 Å². The molecule has 1 nitrogen and oxygen atoms in total. The number of rotatable bonds is 3. The van der Waals surface area contributed by atoms with Crippen LogP contribution in [-0.2, 0) is 4.79 Å². The smallest absolute Gasteiger partial charge is 0.136 e. The van der Waals surface area contributed by atoms with Gasteiger partial charge in [0.1, 0.15) is 5.78 Å². The Morgan fingerprint density at radius 3 is 1.62 bits per heavy atom. The topological polar surface area (TPSA) is 17.1 Å². The summed E-state index contributed by atoms with van der Waals surface area (Å²) in [6.45, 7) is 14.6. The van der Waals surface area contributed by atoms with Gasteiger partial charge in [0.25, 0.3) is 0 Å². The minimum Gasteiger partial charge on any atom is -0.299 e. The Balaban J connectivity index is 5.25. The van der Waals surface area contributed by atoms with Crippen molar-refractivity contribution >= 4 is 5.78 Å². The van der Waals surface area contributed by atoms with Gasteiger partial charge in [-0.1, -0.05) is 41.5 Å². The largest absolute Gasteiger partial charge is 0.299 e. The molecule has 0 N–H and O–H groups in total. The Morgan fingerprint density at radius 2 is 1.62 bits per heavy atom. The van der Waals surface area contributed by atoms with Crippen LogP contribution in [0.25, 0.3) is 0 Å². The molecule has 0 fully saturated rings. The fourth-order valence-electron chi connectivity index (χ4n) is 2.99. The molecule has 13 heavy (non-hydrogen) atoms. The van der Waals surface area contributed by atoms with E-state index >= 15 is 0 Å². The molecule has 0 heterocycles. The summed E-state index contributed by atoms with van der Waals surface area (Å²) in [4.78, 5) is 11.8. The number of ketones is 1. The first-order valence-corrected chi connectivity index (χ1v) is 5.21. The zero-order valence-electron chi connectivity index (χ0n) is 10.2. The van der Waals surface area contributed by atoms with Gasteiger partial charge < -0.3 is 0 Å². The van der Waals surface area contributed by atoms with Gasteiger partial charge in [-0.05, 0) is 24.7 Å². The van der Waals surface area contributed by atoms with E-state index in [1.807, 2.05) is 0 Å². The number of carbonyl (C=O) groups is 1. The highest BCUT2D eigenvalue weighted by molar-refractivity contribution is 5.83. The highest BCUT2D eigenvalue weighted by Crippen LogP contribution is 2.48. The van der Waals surface area contributed by atoms with Crippen LogP contribution in [0.3, 0.4) is 0 Å². The van der Waals surface area contributed by atoms with E-state index in [0.717, 1.165) is 6.42 Å². The van der Waals surface area contributed by atoms with Gasteiger partial charge >= 0.3 is 0 Å². The molecule has 78 valence electrons. The Kier molecular flexibility index (Phi) is 3.71. The predicted molar refractivity (Wildman–Crippen MR) is 57.7 cm³/mol. The second-order valence-electron chi connectivity index (χ2n) is 5.29. The first-order chi connectivity index (χ1) is 5.70. The van der Waals surface area contributed by atoms with Crippen molar-refractivity contribution in [2.45, 2.75) is 54.9 Å². The van der Waals surface area contributed by atoms with Crippen molar-refractivity contribution in [3.05, 3.63) is 0 Å². The Hall–Kier alpha value is -0.330. The summed E-state index contributed by atoms with van der Waals surface area (Å²) in [7, 11) is 0. The first-order valence-electron chi connectivity index (χ1n) is 5.21. The van der Waals surface area contributed by atoms with E-state index in [4.69, 9.17) is 0 Å². The molecule has 0 spiro atoms. The molecule has 0 saturated heterocycles. The van der Waals surface area contributed by atoms with Gasteiger partial charge in [0, 0.05) is 5.41 Å². The van der Waals surface area contributed by atoms with E-state index in [9.17, 15) is 4.79 Å². The maximum Gasteiger partial charge on any atom is 0.136 e.